The largest absolute Gasteiger partial charge is 0.457 e. The number of para-hydroxylation sites is 1. The van der Waals surface area contributed by atoms with Crippen LogP contribution in [-0.2, 0) is 0 Å². The zero-order valence-electron chi connectivity index (χ0n) is 21.8. The van der Waals surface area contributed by atoms with Crippen molar-refractivity contribution in [2.24, 2.45) is 0 Å². The van der Waals surface area contributed by atoms with Crippen LogP contribution in [-0.4, -0.2) is 0 Å². The number of rotatable bonds is 6. The molecule has 0 aliphatic rings. The first kappa shape index (κ1) is 25.5. The molecule has 184 valence electrons. The molecule has 0 N–H and O–H groups in total. The highest BCUT2D eigenvalue weighted by molar-refractivity contribution is 5.78. The Kier molecular flexibility index (Phi) is 8.57. The van der Waals surface area contributed by atoms with E-state index in [0.29, 0.717) is 0 Å². The normalized spacial score (nSPS) is 10.1. The van der Waals surface area contributed by atoms with E-state index in [2.05, 4.69) is 110 Å². The summed E-state index contributed by atoms with van der Waals surface area (Å²) in [4.78, 5) is 2.29. The molecule has 0 bridgehead atoms. The van der Waals surface area contributed by atoms with E-state index < -0.39 is 0 Å². The second-order valence-electron chi connectivity index (χ2n) is 8.90. The molecule has 0 spiro atoms. The summed E-state index contributed by atoms with van der Waals surface area (Å²) in [5.41, 5.74) is 8.24. The van der Waals surface area contributed by atoms with E-state index in [4.69, 9.17) is 4.74 Å². The molecule has 0 amide bonds. The summed E-state index contributed by atoms with van der Waals surface area (Å²) in [5, 5.41) is 0. The lowest BCUT2D eigenvalue weighted by Crippen LogP contribution is -2.09. The minimum absolute atomic E-state index is 0.830. The molecule has 0 fully saturated rings. The Labute approximate surface area is 221 Å². The average molecular weight is 484 g/mol. The molecule has 5 aromatic carbocycles. The molecule has 0 saturated carbocycles. The molecular weight excluding hydrogens is 450 g/mol. The Hall–Kier alpha value is -4.56. The summed E-state index contributed by atoms with van der Waals surface area (Å²) < 4.78 is 5.93. The summed E-state index contributed by atoms with van der Waals surface area (Å²) in [6.45, 7) is 9.48. The third kappa shape index (κ3) is 6.77. The van der Waals surface area contributed by atoms with E-state index >= 15 is 0 Å². The molecule has 0 aliphatic heterocycles. The molecule has 0 aromatic heterocycles. The minimum Gasteiger partial charge on any atom is -0.457 e. The van der Waals surface area contributed by atoms with Gasteiger partial charge in [-0.25, -0.2) is 0 Å². The number of benzene rings is 5. The topological polar surface area (TPSA) is 12.5 Å². The van der Waals surface area contributed by atoms with Gasteiger partial charge in [0.2, 0.25) is 0 Å². The average Bonchev–Trinajstić information content (AvgIpc) is 2.93. The van der Waals surface area contributed by atoms with E-state index in [0.717, 1.165) is 34.1 Å². The SMILES string of the molecule is C=CC.Cc1ccc(N(c2ccc(C)cc2)c2ccc(-c3ccc(Oc4ccccc4)cc3)cc2)cc1. The van der Waals surface area contributed by atoms with Crippen molar-refractivity contribution in [3.8, 4) is 22.6 Å². The van der Waals surface area contributed by atoms with Gasteiger partial charge < -0.3 is 9.64 Å². The first-order chi connectivity index (χ1) is 18.1. The van der Waals surface area contributed by atoms with E-state index in [1.807, 2.05) is 49.4 Å². The number of aryl methyl sites for hydroxylation is 2. The van der Waals surface area contributed by atoms with Gasteiger partial charge in [-0.3, -0.25) is 0 Å². The predicted octanol–water partition coefficient (Wildman–Crippen LogP) is 10.4. The lowest BCUT2D eigenvalue weighted by molar-refractivity contribution is 0.483. The number of allylic oxidation sites excluding steroid dienone is 1. The highest BCUT2D eigenvalue weighted by Gasteiger charge is 2.12. The van der Waals surface area contributed by atoms with Crippen LogP contribution in [0.2, 0.25) is 0 Å². The predicted molar refractivity (Wildman–Crippen MR) is 158 cm³/mol. The molecule has 37 heavy (non-hydrogen) atoms. The maximum atomic E-state index is 5.93. The monoisotopic (exact) mass is 483 g/mol. The second kappa shape index (κ2) is 12.4. The van der Waals surface area contributed by atoms with Crippen molar-refractivity contribution in [2.45, 2.75) is 20.8 Å². The summed E-state index contributed by atoms with van der Waals surface area (Å²) in [7, 11) is 0. The van der Waals surface area contributed by atoms with Gasteiger partial charge in [-0.1, -0.05) is 83.9 Å². The molecule has 0 aliphatic carbocycles. The highest BCUT2D eigenvalue weighted by atomic mass is 16.5. The quantitative estimate of drug-likeness (QED) is 0.223. The number of hydrogen-bond donors (Lipinski definition) is 0. The van der Waals surface area contributed by atoms with Crippen molar-refractivity contribution in [1.82, 2.24) is 0 Å². The summed E-state index contributed by atoms with van der Waals surface area (Å²) in [6.07, 6.45) is 1.75. The van der Waals surface area contributed by atoms with E-state index in [1.54, 1.807) is 6.08 Å². The zero-order valence-corrected chi connectivity index (χ0v) is 21.8. The maximum absolute atomic E-state index is 5.93. The molecule has 2 heteroatoms. The zero-order chi connectivity index (χ0) is 26.0. The van der Waals surface area contributed by atoms with Gasteiger partial charge in [-0.2, -0.15) is 0 Å². The van der Waals surface area contributed by atoms with Crippen LogP contribution in [0.25, 0.3) is 11.1 Å². The lowest BCUT2D eigenvalue weighted by Gasteiger charge is -2.26. The summed E-state index contributed by atoms with van der Waals surface area (Å²) >= 11 is 0. The van der Waals surface area contributed by atoms with Crippen LogP contribution < -0.4 is 9.64 Å². The number of ether oxygens (including phenoxy) is 1. The summed E-state index contributed by atoms with van der Waals surface area (Å²) in [6, 6.07) is 44.1. The molecule has 5 aromatic rings. The van der Waals surface area contributed by atoms with Crippen LogP contribution in [0, 0.1) is 13.8 Å². The minimum atomic E-state index is 0.830. The van der Waals surface area contributed by atoms with E-state index in [9.17, 15) is 0 Å². The van der Waals surface area contributed by atoms with Gasteiger partial charge >= 0.3 is 0 Å². The third-order valence-corrected chi connectivity index (χ3v) is 5.88. The fraction of sp³-hybridized carbons (Fsp3) is 0.0857. The molecule has 0 radical (unpaired) electrons. The maximum Gasteiger partial charge on any atom is 0.127 e. The standard InChI is InChI=1S/C32H27NO.C3H6/c1-24-8-16-28(17-9-24)33(29-18-10-25(2)11-19-29)30-20-12-26(13-21-30)27-14-22-32(23-15-27)34-31-6-4-3-5-7-31;1-3-2/h3-23H,1-2H3;3H,1H2,2H3. The van der Waals surface area contributed by atoms with Crippen LogP contribution in [0.3, 0.4) is 0 Å². The molecule has 0 saturated heterocycles. The van der Waals surface area contributed by atoms with Crippen LogP contribution in [0.1, 0.15) is 18.1 Å². The number of nitrogens with zero attached hydrogens (tertiary/aromatic N) is 1. The molecule has 0 unspecified atom stereocenters. The van der Waals surface area contributed by atoms with Crippen molar-refractivity contribution in [3.63, 3.8) is 0 Å². The molecule has 0 atom stereocenters. The molecule has 0 heterocycles. The van der Waals surface area contributed by atoms with Gasteiger partial charge in [0.05, 0.1) is 0 Å². The number of hydrogen-bond acceptors (Lipinski definition) is 2. The van der Waals surface area contributed by atoms with Crippen molar-refractivity contribution in [1.29, 1.82) is 0 Å². The first-order valence-electron chi connectivity index (χ1n) is 12.5. The van der Waals surface area contributed by atoms with Gasteiger partial charge in [-0.05, 0) is 92.6 Å². The Morgan fingerprint density at radius 2 is 0.865 bits per heavy atom. The van der Waals surface area contributed by atoms with Crippen molar-refractivity contribution >= 4 is 17.1 Å². The summed E-state index contributed by atoms with van der Waals surface area (Å²) in [5.74, 6) is 1.67. The van der Waals surface area contributed by atoms with E-state index in [-0.39, 0.29) is 0 Å². The van der Waals surface area contributed by atoms with Crippen molar-refractivity contribution in [2.75, 3.05) is 4.90 Å². The highest BCUT2D eigenvalue weighted by Crippen LogP contribution is 2.36. The second-order valence-corrected chi connectivity index (χ2v) is 8.90. The fourth-order valence-electron chi connectivity index (χ4n) is 3.98. The van der Waals surface area contributed by atoms with Crippen LogP contribution >= 0.6 is 0 Å². The third-order valence-electron chi connectivity index (χ3n) is 5.88. The Bertz CT molecular complexity index is 1340. The molecular formula is C35H33NO. The Balaban J connectivity index is 0.00000102. The van der Waals surface area contributed by atoms with Crippen LogP contribution in [0.5, 0.6) is 11.5 Å². The van der Waals surface area contributed by atoms with Gasteiger partial charge in [-0.15, -0.1) is 6.58 Å². The van der Waals surface area contributed by atoms with Gasteiger partial charge in [0.25, 0.3) is 0 Å². The van der Waals surface area contributed by atoms with Crippen LogP contribution in [0.15, 0.2) is 140 Å². The fourth-order valence-corrected chi connectivity index (χ4v) is 3.98. The van der Waals surface area contributed by atoms with Crippen molar-refractivity contribution < 1.29 is 4.74 Å². The van der Waals surface area contributed by atoms with Gasteiger partial charge in [0, 0.05) is 17.1 Å². The van der Waals surface area contributed by atoms with E-state index in [1.165, 1.54) is 16.7 Å². The molecule has 5 rings (SSSR count). The number of anilines is 3. The lowest BCUT2D eigenvalue weighted by atomic mass is 10.0. The first-order valence-corrected chi connectivity index (χ1v) is 12.5. The van der Waals surface area contributed by atoms with Crippen molar-refractivity contribution in [3.05, 3.63) is 151 Å². The smallest absolute Gasteiger partial charge is 0.127 e. The Morgan fingerprint density at radius 1 is 0.514 bits per heavy atom. The van der Waals surface area contributed by atoms with Crippen LogP contribution in [0.4, 0.5) is 17.1 Å². The van der Waals surface area contributed by atoms with Gasteiger partial charge in [0.15, 0.2) is 0 Å². The molecule has 2 nitrogen and oxygen atoms in total. The van der Waals surface area contributed by atoms with Gasteiger partial charge in [0.1, 0.15) is 11.5 Å². The Morgan fingerprint density at radius 3 is 1.30 bits per heavy atom.